The molecule has 5 heteroatoms. The van der Waals surface area contributed by atoms with Crippen molar-refractivity contribution in [2.24, 2.45) is 5.92 Å². The number of aryl methyl sites for hydroxylation is 1. The minimum atomic E-state index is -0.392. The average Bonchev–Trinajstić information content (AvgIpc) is 3.09. The predicted molar refractivity (Wildman–Crippen MR) is 117 cm³/mol. The monoisotopic (exact) mass is 394 g/mol. The summed E-state index contributed by atoms with van der Waals surface area (Å²) in [7, 11) is 1.59. The Morgan fingerprint density at radius 3 is 2.45 bits per heavy atom. The summed E-state index contributed by atoms with van der Waals surface area (Å²) in [4.78, 5) is 27.1. The first-order chi connectivity index (χ1) is 13.7. The van der Waals surface area contributed by atoms with E-state index in [1.807, 2.05) is 42.5 Å². The van der Waals surface area contributed by atoms with Gasteiger partial charge < -0.3 is 15.0 Å². The number of anilines is 2. The number of hydrogen-bond acceptors (Lipinski definition) is 3. The van der Waals surface area contributed by atoms with Crippen LogP contribution in [0.4, 0.5) is 11.4 Å². The lowest BCUT2D eigenvalue weighted by Crippen LogP contribution is -2.28. The second kappa shape index (κ2) is 8.27. The van der Waals surface area contributed by atoms with Crippen LogP contribution in [-0.2, 0) is 21.4 Å². The van der Waals surface area contributed by atoms with E-state index in [2.05, 4.69) is 33.0 Å². The molecule has 2 aromatic rings. The number of methoxy groups -OCH3 is 1. The van der Waals surface area contributed by atoms with Gasteiger partial charge in [0.15, 0.2) is 0 Å². The maximum Gasteiger partial charge on any atom is 0.229 e. The molecule has 0 aliphatic carbocycles. The van der Waals surface area contributed by atoms with Crippen molar-refractivity contribution in [3.63, 3.8) is 0 Å². The van der Waals surface area contributed by atoms with Gasteiger partial charge in [0, 0.05) is 18.7 Å². The molecule has 0 unspecified atom stereocenters. The molecule has 1 heterocycles. The van der Waals surface area contributed by atoms with E-state index >= 15 is 0 Å². The van der Waals surface area contributed by atoms with E-state index in [9.17, 15) is 9.59 Å². The van der Waals surface area contributed by atoms with Crippen LogP contribution in [0.25, 0.3) is 0 Å². The van der Waals surface area contributed by atoms with Gasteiger partial charge in [0.1, 0.15) is 5.75 Å². The van der Waals surface area contributed by atoms with Crippen molar-refractivity contribution < 1.29 is 14.3 Å². The molecule has 1 atom stereocenters. The number of nitrogens with zero attached hydrogens (tertiary/aromatic N) is 1. The average molecular weight is 395 g/mol. The van der Waals surface area contributed by atoms with Crippen LogP contribution in [0.5, 0.6) is 5.75 Å². The van der Waals surface area contributed by atoms with Gasteiger partial charge in [-0.2, -0.15) is 0 Å². The number of carbonyl (C=O) groups excluding carboxylic acids is 2. The highest BCUT2D eigenvalue weighted by Crippen LogP contribution is 2.33. The van der Waals surface area contributed by atoms with E-state index in [0.717, 1.165) is 17.7 Å². The summed E-state index contributed by atoms with van der Waals surface area (Å²) in [6.07, 6.45) is 1.16. The van der Waals surface area contributed by atoms with Crippen molar-refractivity contribution in [1.82, 2.24) is 0 Å². The highest BCUT2D eigenvalue weighted by Gasteiger charge is 2.35. The third-order valence-corrected chi connectivity index (χ3v) is 5.48. The Labute approximate surface area is 173 Å². The largest absolute Gasteiger partial charge is 0.495 e. The highest BCUT2D eigenvalue weighted by molar-refractivity contribution is 6.04. The summed E-state index contributed by atoms with van der Waals surface area (Å²) in [5, 5.41) is 2.98. The molecule has 1 fully saturated rings. The Kier molecular flexibility index (Phi) is 5.96. The standard InChI is InChI=1S/C24H30N2O3/c1-6-16-7-10-19(11-8-16)26-15-17(13-22(26)27)23(28)25-20-14-18(24(2,3)4)9-12-21(20)29-5/h7-12,14,17H,6,13,15H2,1-5H3,(H,25,28)/t17-/m1/s1. The van der Waals surface area contributed by atoms with Gasteiger partial charge in [0.25, 0.3) is 0 Å². The predicted octanol–water partition coefficient (Wildman–Crippen LogP) is 4.55. The second-order valence-electron chi connectivity index (χ2n) is 8.58. The van der Waals surface area contributed by atoms with Crippen LogP contribution in [0.1, 0.15) is 45.2 Å². The van der Waals surface area contributed by atoms with E-state index < -0.39 is 5.92 Å². The normalized spacial score (nSPS) is 16.8. The summed E-state index contributed by atoms with van der Waals surface area (Å²) < 4.78 is 5.42. The minimum absolute atomic E-state index is 0.0233. The van der Waals surface area contributed by atoms with Crippen LogP contribution in [0.2, 0.25) is 0 Å². The zero-order valence-electron chi connectivity index (χ0n) is 17.9. The molecule has 1 aliphatic rings. The first-order valence-electron chi connectivity index (χ1n) is 10.1. The molecule has 1 saturated heterocycles. The fourth-order valence-corrected chi connectivity index (χ4v) is 3.55. The summed E-state index contributed by atoms with van der Waals surface area (Å²) in [6.45, 7) is 8.85. The van der Waals surface area contributed by atoms with E-state index in [-0.39, 0.29) is 23.7 Å². The molecule has 2 amide bonds. The number of rotatable bonds is 5. The number of hydrogen-bond donors (Lipinski definition) is 1. The number of benzene rings is 2. The van der Waals surface area contributed by atoms with Crippen molar-refractivity contribution in [3.05, 3.63) is 53.6 Å². The van der Waals surface area contributed by atoms with E-state index in [1.54, 1.807) is 12.0 Å². The Balaban J connectivity index is 1.75. The molecule has 1 aliphatic heterocycles. The molecular formula is C24H30N2O3. The summed E-state index contributed by atoms with van der Waals surface area (Å²) in [5.41, 5.74) is 3.77. The lowest BCUT2D eigenvalue weighted by Gasteiger charge is -2.22. The second-order valence-corrected chi connectivity index (χ2v) is 8.58. The van der Waals surface area contributed by atoms with Gasteiger partial charge in [0.2, 0.25) is 11.8 Å². The van der Waals surface area contributed by atoms with Crippen molar-refractivity contribution in [3.8, 4) is 5.75 Å². The van der Waals surface area contributed by atoms with Gasteiger partial charge in [-0.05, 0) is 47.2 Å². The van der Waals surface area contributed by atoms with Gasteiger partial charge in [-0.25, -0.2) is 0 Å². The number of ether oxygens (including phenoxy) is 1. The number of carbonyl (C=O) groups is 2. The maximum atomic E-state index is 12.9. The zero-order chi connectivity index (χ0) is 21.2. The molecule has 154 valence electrons. The van der Waals surface area contributed by atoms with Crippen LogP contribution in [-0.4, -0.2) is 25.5 Å². The smallest absolute Gasteiger partial charge is 0.229 e. The van der Waals surface area contributed by atoms with Crippen molar-refractivity contribution in [2.45, 2.75) is 46.0 Å². The van der Waals surface area contributed by atoms with Crippen molar-refractivity contribution >= 4 is 23.2 Å². The summed E-state index contributed by atoms with van der Waals surface area (Å²) >= 11 is 0. The molecular weight excluding hydrogens is 364 g/mol. The van der Waals surface area contributed by atoms with Crippen LogP contribution in [0.3, 0.4) is 0 Å². The zero-order valence-corrected chi connectivity index (χ0v) is 17.9. The molecule has 5 nitrogen and oxygen atoms in total. The van der Waals surface area contributed by atoms with Crippen molar-refractivity contribution in [1.29, 1.82) is 0 Å². The van der Waals surface area contributed by atoms with E-state index in [0.29, 0.717) is 18.0 Å². The van der Waals surface area contributed by atoms with Crippen LogP contribution in [0.15, 0.2) is 42.5 Å². The number of nitrogens with one attached hydrogen (secondary N) is 1. The third kappa shape index (κ3) is 4.61. The van der Waals surface area contributed by atoms with Gasteiger partial charge in [-0.15, -0.1) is 0 Å². The molecule has 0 spiro atoms. The summed E-state index contributed by atoms with van der Waals surface area (Å²) in [5.74, 6) is 0.0410. The molecule has 0 aromatic heterocycles. The van der Waals surface area contributed by atoms with Crippen molar-refractivity contribution in [2.75, 3.05) is 23.9 Å². The SMILES string of the molecule is CCc1ccc(N2C[C@H](C(=O)Nc3cc(C(C)(C)C)ccc3OC)CC2=O)cc1. The lowest BCUT2D eigenvalue weighted by molar-refractivity contribution is -0.122. The Hall–Kier alpha value is -2.82. The van der Waals surface area contributed by atoms with Gasteiger partial charge in [0.05, 0.1) is 18.7 Å². The quantitative estimate of drug-likeness (QED) is 0.810. The fraction of sp³-hybridized carbons (Fsp3) is 0.417. The lowest BCUT2D eigenvalue weighted by atomic mass is 9.86. The third-order valence-electron chi connectivity index (χ3n) is 5.48. The van der Waals surface area contributed by atoms with Crippen LogP contribution in [0, 0.1) is 5.92 Å². The Bertz CT molecular complexity index is 897. The minimum Gasteiger partial charge on any atom is -0.495 e. The van der Waals surface area contributed by atoms with Gasteiger partial charge >= 0.3 is 0 Å². The molecule has 29 heavy (non-hydrogen) atoms. The topological polar surface area (TPSA) is 58.6 Å². The van der Waals surface area contributed by atoms with E-state index in [4.69, 9.17) is 4.74 Å². The number of amides is 2. The van der Waals surface area contributed by atoms with Gasteiger partial charge in [-0.3, -0.25) is 9.59 Å². The van der Waals surface area contributed by atoms with Gasteiger partial charge in [-0.1, -0.05) is 45.9 Å². The highest BCUT2D eigenvalue weighted by atomic mass is 16.5. The molecule has 1 N–H and O–H groups in total. The van der Waals surface area contributed by atoms with E-state index in [1.165, 1.54) is 5.56 Å². The first-order valence-corrected chi connectivity index (χ1v) is 10.1. The summed E-state index contributed by atoms with van der Waals surface area (Å²) in [6, 6.07) is 13.8. The Morgan fingerprint density at radius 1 is 1.17 bits per heavy atom. The fourth-order valence-electron chi connectivity index (χ4n) is 3.55. The molecule has 0 radical (unpaired) electrons. The molecule has 2 aromatic carbocycles. The van der Waals surface area contributed by atoms with Crippen LogP contribution >= 0.6 is 0 Å². The molecule has 3 rings (SSSR count). The first kappa shape index (κ1) is 20.9. The molecule has 0 bridgehead atoms. The maximum absolute atomic E-state index is 12.9. The van der Waals surface area contributed by atoms with Crippen LogP contribution < -0.4 is 15.0 Å². The Morgan fingerprint density at radius 2 is 1.86 bits per heavy atom. The molecule has 0 saturated carbocycles.